The molecule has 1 aliphatic rings. The summed E-state index contributed by atoms with van der Waals surface area (Å²) in [5.74, 6) is 0.297. The Hall–Kier alpha value is -4.19. The lowest BCUT2D eigenvalue weighted by molar-refractivity contribution is -0.129. The summed E-state index contributed by atoms with van der Waals surface area (Å²) in [5, 5.41) is 0. The van der Waals surface area contributed by atoms with Crippen molar-refractivity contribution in [2.45, 2.75) is 26.7 Å². The predicted octanol–water partition coefficient (Wildman–Crippen LogP) is 5.69. The molecule has 0 unspecified atom stereocenters. The highest BCUT2D eigenvalue weighted by atomic mass is 16.6. The SMILES string of the molecule is COc1cc(/C=C2\N=C(c3ccc(C(C)C)cc3)OC2=O)ccc1OC(=O)c1cccc(C)c1. The van der Waals surface area contributed by atoms with Gasteiger partial charge in [0.2, 0.25) is 5.90 Å². The van der Waals surface area contributed by atoms with Crippen molar-refractivity contribution < 1.29 is 23.8 Å². The summed E-state index contributed by atoms with van der Waals surface area (Å²) in [5.41, 5.74) is 4.17. The van der Waals surface area contributed by atoms with Gasteiger partial charge < -0.3 is 14.2 Å². The van der Waals surface area contributed by atoms with E-state index in [1.807, 2.05) is 37.3 Å². The molecule has 0 bridgehead atoms. The zero-order chi connectivity index (χ0) is 24.2. The van der Waals surface area contributed by atoms with Crippen LogP contribution in [0.25, 0.3) is 6.08 Å². The Morgan fingerprint density at radius 1 is 1.00 bits per heavy atom. The summed E-state index contributed by atoms with van der Waals surface area (Å²) in [4.78, 5) is 29.2. The minimum absolute atomic E-state index is 0.175. The lowest BCUT2D eigenvalue weighted by Gasteiger charge is -2.10. The Morgan fingerprint density at radius 2 is 1.76 bits per heavy atom. The number of carbonyl (C=O) groups excluding carboxylic acids is 2. The van der Waals surface area contributed by atoms with Crippen molar-refractivity contribution in [3.8, 4) is 11.5 Å². The van der Waals surface area contributed by atoms with Gasteiger partial charge in [0.05, 0.1) is 12.7 Å². The first-order valence-corrected chi connectivity index (χ1v) is 10.9. The number of carbonyl (C=O) groups is 2. The second-order valence-corrected chi connectivity index (χ2v) is 8.28. The smallest absolute Gasteiger partial charge is 0.363 e. The van der Waals surface area contributed by atoms with E-state index >= 15 is 0 Å². The number of rotatable bonds is 6. The molecule has 6 heteroatoms. The third kappa shape index (κ3) is 5.07. The molecule has 0 N–H and O–H groups in total. The zero-order valence-corrected chi connectivity index (χ0v) is 19.5. The highest BCUT2D eigenvalue weighted by Gasteiger charge is 2.24. The molecule has 6 nitrogen and oxygen atoms in total. The van der Waals surface area contributed by atoms with Crippen LogP contribution in [0.5, 0.6) is 11.5 Å². The van der Waals surface area contributed by atoms with Gasteiger partial charge in [0.15, 0.2) is 17.2 Å². The standard InChI is InChI=1S/C28H25NO5/c1-17(2)20-9-11-21(12-10-20)26-29-23(28(31)34-26)15-19-8-13-24(25(16-19)32-4)33-27(30)22-7-5-6-18(3)14-22/h5-17H,1-4H3/b23-15-. The van der Waals surface area contributed by atoms with Crippen molar-refractivity contribution in [1.82, 2.24) is 0 Å². The second kappa shape index (κ2) is 9.75. The maximum Gasteiger partial charge on any atom is 0.363 e. The number of hydrogen-bond acceptors (Lipinski definition) is 6. The molecule has 0 saturated heterocycles. The third-order valence-corrected chi connectivity index (χ3v) is 5.39. The summed E-state index contributed by atoms with van der Waals surface area (Å²) in [6.45, 7) is 6.14. The van der Waals surface area contributed by atoms with Gasteiger partial charge in [-0.3, -0.25) is 0 Å². The van der Waals surface area contributed by atoms with Crippen LogP contribution >= 0.6 is 0 Å². The fourth-order valence-corrected chi connectivity index (χ4v) is 3.49. The highest BCUT2D eigenvalue weighted by Crippen LogP contribution is 2.30. The van der Waals surface area contributed by atoms with Gasteiger partial charge >= 0.3 is 11.9 Å². The van der Waals surface area contributed by atoms with Gasteiger partial charge in [0.25, 0.3) is 0 Å². The Morgan fingerprint density at radius 3 is 2.44 bits per heavy atom. The molecule has 4 rings (SSSR count). The van der Waals surface area contributed by atoms with E-state index in [1.54, 1.807) is 42.5 Å². The van der Waals surface area contributed by atoms with Crippen LogP contribution < -0.4 is 9.47 Å². The van der Waals surface area contributed by atoms with Gasteiger partial charge in [-0.2, -0.15) is 0 Å². The molecule has 34 heavy (non-hydrogen) atoms. The first-order chi connectivity index (χ1) is 16.3. The molecule has 0 spiro atoms. The number of esters is 2. The summed E-state index contributed by atoms with van der Waals surface area (Å²) < 4.78 is 16.3. The van der Waals surface area contributed by atoms with Crippen LogP contribution in [0.4, 0.5) is 0 Å². The van der Waals surface area contributed by atoms with Gasteiger partial charge in [-0.05, 0) is 66.4 Å². The number of ether oxygens (including phenoxy) is 3. The quantitative estimate of drug-likeness (QED) is 0.271. The second-order valence-electron chi connectivity index (χ2n) is 8.28. The molecule has 0 amide bonds. The van der Waals surface area contributed by atoms with E-state index in [2.05, 4.69) is 18.8 Å². The Balaban J connectivity index is 1.55. The Bertz CT molecular complexity index is 1300. The number of aryl methyl sites for hydroxylation is 1. The molecular weight excluding hydrogens is 430 g/mol. The van der Waals surface area contributed by atoms with Gasteiger partial charge in [-0.15, -0.1) is 0 Å². The molecule has 172 valence electrons. The van der Waals surface area contributed by atoms with Crippen molar-refractivity contribution >= 4 is 23.9 Å². The van der Waals surface area contributed by atoms with E-state index in [0.717, 1.165) is 11.1 Å². The van der Waals surface area contributed by atoms with Crippen molar-refractivity contribution in [3.05, 3.63) is 100 Å². The van der Waals surface area contributed by atoms with E-state index in [0.29, 0.717) is 22.8 Å². The van der Waals surface area contributed by atoms with E-state index in [-0.39, 0.29) is 17.3 Å². The summed E-state index contributed by atoms with van der Waals surface area (Å²) in [7, 11) is 1.48. The molecule has 1 heterocycles. The van der Waals surface area contributed by atoms with Crippen molar-refractivity contribution in [2.24, 2.45) is 4.99 Å². The summed E-state index contributed by atoms with van der Waals surface area (Å²) >= 11 is 0. The molecule has 3 aromatic carbocycles. The molecular formula is C28H25NO5. The summed E-state index contributed by atoms with van der Waals surface area (Å²) in [6, 6.07) is 19.9. The fourth-order valence-electron chi connectivity index (χ4n) is 3.49. The van der Waals surface area contributed by atoms with Crippen LogP contribution in [-0.4, -0.2) is 24.9 Å². The van der Waals surface area contributed by atoms with Gasteiger partial charge in [0, 0.05) is 5.56 Å². The average molecular weight is 456 g/mol. The fraction of sp³-hybridized carbons (Fsp3) is 0.179. The van der Waals surface area contributed by atoms with Gasteiger partial charge in [-0.1, -0.05) is 49.7 Å². The van der Waals surface area contributed by atoms with Gasteiger partial charge in [0.1, 0.15) is 0 Å². The molecule has 0 aliphatic carbocycles. The van der Waals surface area contributed by atoms with Gasteiger partial charge in [-0.25, -0.2) is 14.6 Å². The van der Waals surface area contributed by atoms with E-state index in [9.17, 15) is 9.59 Å². The number of aliphatic imine (C=N–C) groups is 1. The predicted molar refractivity (Wildman–Crippen MR) is 130 cm³/mol. The van der Waals surface area contributed by atoms with E-state index in [4.69, 9.17) is 14.2 Å². The van der Waals surface area contributed by atoms with E-state index in [1.165, 1.54) is 12.7 Å². The molecule has 0 atom stereocenters. The normalized spacial score (nSPS) is 14.2. The minimum atomic E-state index is -0.531. The first kappa shape index (κ1) is 23.0. The Labute approximate surface area is 198 Å². The zero-order valence-electron chi connectivity index (χ0n) is 19.5. The monoisotopic (exact) mass is 455 g/mol. The Kier molecular flexibility index (Phi) is 6.59. The molecule has 3 aromatic rings. The molecule has 0 radical (unpaired) electrons. The van der Waals surface area contributed by atoms with Crippen LogP contribution in [0.2, 0.25) is 0 Å². The van der Waals surface area contributed by atoms with Crippen LogP contribution in [0, 0.1) is 6.92 Å². The average Bonchev–Trinajstić information content (AvgIpc) is 3.20. The number of benzene rings is 3. The number of hydrogen-bond donors (Lipinski definition) is 0. The number of methoxy groups -OCH3 is 1. The van der Waals surface area contributed by atoms with Crippen LogP contribution in [0.15, 0.2) is 77.4 Å². The van der Waals surface area contributed by atoms with Crippen molar-refractivity contribution in [2.75, 3.05) is 7.11 Å². The largest absolute Gasteiger partial charge is 0.493 e. The molecule has 0 fully saturated rings. The highest BCUT2D eigenvalue weighted by molar-refractivity contribution is 6.12. The minimum Gasteiger partial charge on any atom is -0.493 e. The maximum atomic E-state index is 12.5. The number of cyclic esters (lactones) is 1. The van der Waals surface area contributed by atoms with Crippen molar-refractivity contribution in [1.29, 1.82) is 0 Å². The first-order valence-electron chi connectivity index (χ1n) is 10.9. The molecule has 0 aromatic heterocycles. The lowest BCUT2D eigenvalue weighted by Crippen LogP contribution is -2.09. The van der Waals surface area contributed by atoms with Crippen LogP contribution in [0.1, 0.15) is 52.4 Å². The maximum absolute atomic E-state index is 12.5. The molecule has 1 aliphatic heterocycles. The molecule has 0 saturated carbocycles. The topological polar surface area (TPSA) is 74.2 Å². The van der Waals surface area contributed by atoms with Crippen LogP contribution in [-0.2, 0) is 9.53 Å². The van der Waals surface area contributed by atoms with Crippen molar-refractivity contribution in [3.63, 3.8) is 0 Å². The lowest BCUT2D eigenvalue weighted by atomic mass is 10.0. The third-order valence-electron chi connectivity index (χ3n) is 5.39. The summed E-state index contributed by atoms with van der Waals surface area (Å²) in [6.07, 6.45) is 1.60. The van der Waals surface area contributed by atoms with E-state index < -0.39 is 11.9 Å². The van der Waals surface area contributed by atoms with Crippen LogP contribution in [0.3, 0.4) is 0 Å². The number of nitrogens with zero attached hydrogens (tertiary/aromatic N) is 1.